The Morgan fingerprint density at radius 3 is 2.00 bits per heavy atom. The van der Waals surface area contributed by atoms with Crippen LogP contribution in [-0.4, -0.2) is 17.1 Å². The minimum atomic E-state index is 0.539. The lowest BCUT2D eigenvalue weighted by Gasteiger charge is -2.08. The lowest BCUT2D eigenvalue weighted by Crippen LogP contribution is -1.96. The van der Waals surface area contributed by atoms with Crippen LogP contribution in [0.15, 0.2) is 66.9 Å². The highest BCUT2D eigenvalue weighted by Gasteiger charge is 2.10. The highest BCUT2D eigenvalue weighted by atomic mass is 16.5. The maximum absolute atomic E-state index is 5.39. The fourth-order valence-electron chi connectivity index (χ4n) is 2.06. The Morgan fingerprint density at radius 2 is 1.40 bits per heavy atom. The number of methoxy groups -OCH3 is 1. The van der Waals surface area contributed by atoms with Crippen LogP contribution in [0.3, 0.4) is 0 Å². The Labute approximate surface area is 117 Å². The Kier molecular flexibility index (Phi) is 3.42. The number of aromatic nitrogens is 2. The van der Waals surface area contributed by atoms with Gasteiger partial charge in [0.25, 0.3) is 0 Å². The van der Waals surface area contributed by atoms with Gasteiger partial charge in [0.1, 0.15) is 5.69 Å². The lowest BCUT2D eigenvalue weighted by atomic mass is 10.1. The summed E-state index contributed by atoms with van der Waals surface area (Å²) >= 11 is 0. The average molecular weight is 262 g/mol. The molecule has 1 heterocycles. The van der Waals surface area contributed by atoms with E-state index in [0.29, 0.717) is 5.88 Å². The summed E-state index contributed by atoms with van der Waals surface area (Å²) in [5.74, 6) is 0.539. The molecule has 0 saturated carbocycles. The number of benzene rings is 2. The molecule has 3 rings (SSSR count). The van der Waals surface area contributed by atoms with E-state index in [1.165, 1.54) is 0 Å². The van der Waals surface area contributed by atoms with Crippen molar-refractivity contribution in [3.8, 4) is 28.4 Å². The van der Waals surface area contributed by atoms with Crippen LogP contribution in [0.25, 0.3) is 22.5 Å². The van der Waals surface area contributed by atoms with E-state index in [9.17, 15) is 0 Å². The lowest BCUT2D eigenvalue weighted by molar-refractivity contribution is 0.398. The van der Waals surface area contributed by atoms with Crippen LogP contribution in [0.1, 0.15) is 0 Å². The summed E-state index contributed by atoms with van der Waals surface area (Å²) in [4.78, 5) is 9.06. The van der Waals surface area contributed by atoms with Crippen molar-refractivity contribution in [3.05, 3.63) is 66.9 Å². The zero-order valence-corrected chi connectivity index (χ0v) is 11.2. The summed E-state index contributed by atoms with van der Waals surface area (Å²) in [5.41, 5.74) is 3.59. The van der Waals surface area contributed by atoms with Gasteiger partial charge in [0.15, 0.2) is 0 Å². The first kappa shape index (κ1) is 12.4. The molecule has 3 nitrogen and oxygen atoms in total. The number of hydrogen-bond donors (Lipinski definition) is 0. The highest BCUT2D eigenvalue weighted by molar-refractivity contribution is 5.67. The SMILES string of the molecule is COc1nc(-c2ccccc2)cnc1-c1ccccc1. The van der Waals surface area contributed by atoms with Crippen LogP contribution in [0.4, 0.5) is 0 Å². The predicted octanol–water partition coefficient (Wildman–Crippen LogP) is 3.82. The smallest absolute Gasteiger partial charge is 0.240 e. The van der Waals surface area contributed by atoms with E-state index in [2.05, 4.69) is 9.97 Å². The summed E-state index contributed by atoms with van der Waals surface area (Å²) in [6.45, 7) is 0. The molecule has 0 radical (unpaired) electrons. The van der Waals surface area contributed by atoms with Crippen LogP contribution in [-0.2, 0) is 0 Å². The monoisotopic (exact) mass is 262 g/mol. The van der Waals surface area contributed by atoms with E-state index in [4.69, 9.17) is 4.74 Å². The second-order valence-corrected chi connectivity index (χ2v) is 4.35. The molecule has 0 N–H and O–H groups in total. The van der Waals surface area contributed by atoms with E-state index >= 15 is 0 Å². The first-order chi connectivity index (χ1) is 9.88. The first-order valence-corrected chi connectivity index (χ1v) is 6.40. The molecule has 0 atom stereocenters. The van der Waals surface area contributed by atoms with Crippen molar-refractivity contribution >= 4 is 0 Å². The van der Waals surface area contributed by atoms with Crippen molar-refractivity contribution in [1.29, 1.82) is 0 Å². The summed E-state index contributed by atoms with van der Waals surface area (Å²) in [6.07, 6.45) is 1.78. The molecular formula is C17H14N2O. The third kappa shape index (κ3) is 2.38. The molecule has 20 heavy (non-hydrogen) atoms. The van der Waals surface area contributed by atoms with Crippen LogP contribution in [0.2, 0.25) is 0 Å². The molecule has 0 unspecified atom stereocenters. The first-order valence-electron chi connectivity index (χ1n) is 6.40. The molecule has 0 aliphatic carbocycles. The fourth-order valence-corrected chi connectivity index (χ4v) is 2.06. The van der Waals surface area contributed by atoms with Crippen molar-refractivity contribution in [2.24, 2.45) is 0 Å². The molecule has 3 aromatic rings. The Morgan fingerprint density at radius 1 is 0.800 bits per heavy atom. The molecule has 2 aromatic carbocycles. The third-order valence-electron chi connectivity index (χ3n) is 3.05. The van der Waals surface area contributed by atoms with Gasteiger partial charge in [-0.2, -0.15) is 0 Å². The van der Waals surface area contributed by atoms with Gasteiger partial charge in [0.05, 0.1) is 19.0 Å². The predicted molar refractivity (Wildman–Crippen MR) is 79.5 cm³/mol. The molecule has 0 aliphatic rings. The second kappa shape index (κ2) is 5.53. The van der Waals surface area contributed by atoms with Gasteiger partial charge in [0, 0.05) is 11.1 Å². The summed E-state index contributed by atoms with van der Waals surface area (Å²) in [6, 6.07) is 19.9. The maximum atomic E-state index is 5.39. The summed E-state index contributed by atoms with van der Waals surface area (Å²) in [7, 11) is 1.62. The normalized spacial score (nSPS) is 10.2. The number of hydrogen-bond acceptors (Lipinski definition) is 3. The van der Waals surface area contributed by atoms with Crippen molar-refractivity contribution in [2.75, 3.05) is 7.11 Å². The van der Waals surface area contributed by atoms with Crippen LogP contribution >= 0.6 is 0 Å². The molecule has 0 spiro atoms. The van der Waals surface area contributed by atoms with E-state index in [1.54, 1.807) is 13.3 Å². The molecule has 0 amide bonds. The molecular weight excluding hydrogens is 248 g/mol. The molecule has 0 aliphatic heterocycles. The number of nitrogens with zero attached hydrogens (tertiary/aromatic N) is 2. The second-order valence-electron chi connectivity index (χ2n) is 4.35. The van der Waals surface area contributed by atoms with Crippen LogP contribution < -0.4 is 4.74 Å². The van der Waals surface area contributed by atoms with Gasteiger partial charge in [-0.3, -0.25) is 0 Å². The van der Waals surface area contributed by atoms with Gasteiger partial charge >= 0.3 is 0 Å². The van der Waals surface area contributed by atoms with Crippen molar-refractivity contribution in [2.45, 2.75) is 0 Å². The van der Waals surface area contributed by atoms with E-state index < -0.39 is 0 Å². The Hall–Kier alpha value is -2.68. The van der Waals surface area contributed by atoms with Gasteiger partial charge in [0.2, 0.25) is 5.88 Å². The molecule has 1 aromatic heterocycles. The van der Waals surface area contributed by atoms with Crippen LogP contribution in [0, 0.1) is 0 Å². The van der Waals surface area contributed by atoms with Gasteiger partial charge in [-0.15, -0.1) is 0 Å². The zero-order valence-electron chi connectivity index (χ0n) is 11.2. The number of ether oxygens (including phenoxy) is 1. The van der Waals surface area contributed by atoms with Gasteiger partial charge in [-0.1, -0.05) is 60.7 Å². The highest BCUT2D eigenvalue weighted by Crippen LogP contribution is 2.28. The van der Waals surface area contributed by atoms with Crippen molar-refractivity contribution in [1.82, 2.24) is 9.97 Å². The maximum Gasteiger partial charge on any atom is 0.240 e. The molecule has 0 bridgehead atoms. The molecule has 98 valence electrons. The minimum Gasteiger partial charge on any atom is -0.479 e. The third-order valence-corrected chi connectivity index (χ3v) is 3.05. The zero-order chi connectivity index (χ0) is 13.8. The topological polar surface area (TPSA) is 35.0 Å². The van der Waals surface area contributed by atoms with Crippen molar-refractivity contribution < 1.29 is 4.74 Å². The summed E-state index contributed by atoms with van der Waals surface area (Å²) < 4.78 is 5.39. The van der Waals surface area contributed by atoms with Crippen molar-refractivity contribution in [3.63, 3.8) is 0 Å². The van der Waals surface area contributed by atoms with E-state index in [-0.39, 0.29) is 0 Å². The van der Waals surface area contributed by atoms with Crippen LogP contribution in [0.5, 0.6) is 5.88 Å². The minimum absolute atomic E-state index is 0.539. The largest absolute Gasteiger partial charge is 0.479 e. The van der Waals surface area contributed by atoms with E-state index in [1.807, 2.05) is 60.7 Å². The Bertz CT molecular complexity index is 697. The quantitative estimate of drug-likeness (QED) is 0.719. The van der Waals surface area contributed by atoms with Gasteiger partial charge in [-0.05, 0) is 0 Å². The summed E-state index contributed by atoms with van der Waals surface area (Å²) in [5, 5.41) is 0. The van der Waals surface area contributed by atoms with E-state index in [0.717, 1.165) is 22.5 Å². The molecule has 0 saturated heterocycles. The Balaban J connectivity index is 2.07. The standard InChI is InChI=1S/C17H14N2O/c1-20-17-16(14-10-6-3-7-11-14)18-12-15(19-17)13-8-4-2-5-9-13/h2-12H,1H3. The average Bonchev–Trinajstić information content (AvgIpc) is 2.56. The number of rotatable bonds is 3. The molecule has 3 heteroatoms. The van der Waals surface area contributed by atoms with Gasteiger partial charge < -0.3 is 4.74 Å². The van der Waals surface area contributed by atoms with Gasteiger partial charge in [-0.25, -0.2) is 9.97 Å². The molecule has 0 fully saturated rings. The fraction of sp³-hybridized carbons (Fsp3) is 0.0588.